The quantitative estimate of drug-likeness (QED) is 0.643. The van der Waals surface area contributed by atoms with Crippen molar-refractivity contribution in [3.8, 4) is 5.75 Å². The van der Waals surface area contributed by atoms with E-state index in [1.165, 1.54) is 5.56 Å². The summed E-state index contributed by atoms with van der Waals surface area (Å²) in [6, 6.07) is 14.9. The molecule has 1 amide bonds. The summed E-state index contributed by atoms with van der Waals surface area (Å²) in [4.78, 5) is 11.7. The van der Waals surface area contributed by atoms with Gasteiger partial charge in [-0.2, -0.15) is 5.10 Å². The Bertz CT molecular complexity index is 682. The molecule has 23 heavy (non-hydrogen) atoms. The molecule has 0 spiro atoms. The number of ether oxygens (including phenoxy) is 1. The molecule has 0 saturated carbocycles. The fraction of sp³-hybridized carbons (Fsp3) is 0.222. The molecule has 120 valence electrons. The van der Waals surface area contributed by atoms with Crippen LogP contribution in [0.5, 0.6) is 5.75 Å². The average Bonchev–Trinajstić information content (AvgIpc) is 2.53. The molecule has 0 fully saturated rings. The first-order chi connectivity index (χ1) is 11.0. The highest BCUT2D eigenvalue weighted by Crippen LogP contribution is 2.16. The van der Waals surface area contributed by atoms with Crippen molar-refractivity contribution in [1.82, 2.24) is 5.43 Å². The van der Waals surface area contributed by atoms with Crippen LogP contribution in [-0.4, -0.2) is 18.7 Å². The van der Waals surface area contributed by atoms with Crippen molar-refractivity contribution in [3.63, 3.8) is 0 Å². The zero-order valence-corrected chi connectivity index (χ0v) is 13.9. The van der Waals surface area contributed by atoms with Crippen molar-refractivity contribution in [3.05, 3.63) is 64.7 Å². The van der Waals surface area contributed by atoms with Crippen LogP contribution in [0.15, 0.2) is 53.6 Å². The van der Waals surface area contributed by atoms with Crippen LogP contribution in [0.3, 0.4) is 0 Å². The maximum absolute atomic E-state index is 11.7. The van der Waals surface area contributed by atoms with Crippen LogP contribution in [0.1, 0.15) is 30.9 Å². The van der Waals surface area contributed by atoms with Gasteiger partial charge in [0.1, 0.15) is 5.75 Å². The van der Waals surface area contributed by atoms with E-state index >= 15 is 0 Å². The lowest BCUT2D eigenvalue weighted by Gasteiger charge is -2.05. The molecule has 0 saturated heterocycles. The first kappa shape index (κ1) is 17.0. The Kier molecular flexibility index (Phi) is 6.18. The van der Waals surface area contributed by atoms with E-state index in [1.54, 1.807) is 30.5 Å². The van der Waals surface area contributed by atoms with E-state index in [0.29, 0.717) is 16.7 Å². The number of carbonyl (C=O) groups is 1. The van der Waals surface area contributed by atoms with Crippen LogP contribution < -0.4 is 10.2 Å². The second kappa shape index (κ2) is 8.34. The van der Waals surface area contributed by atoms with Gasteiger partial charge in [0.2, 0.25) is 0 Å². The van der Waals surface area contributed by atoms with Gasteiger partial charge in [-0.25, -0.2) is 5.43 Å². The lowest BCUT2D eigenvalue weighted by molar-refractivity contribution is -0.123. The van der Waals surface area contributed by atoms with Crippen molar-refractivity contribution in [2.75, 3.05) is 6.61 Å². The van der Waals surface area contributed by atoms with Crippen molar-refractivity contribution >= 4 is 23.7 Å². The zero-order valence-electron chi connectivity index (χ0n) is 13.1. The highest BCUT2D eigenvalue weighted by molar-refractivity contribution is 6.30. The van der Waals surface area contributed by atoms with Gasteiger partial charge in [-0.1, -0.05) is 55.8 Å². The Labute approximate surface area is 141 Å². The summed E-state index contributed by atoms with van der Waals surface area (Å²) in [5.41, 5.74) is 4.61. The number of amides is 1. The number of benzene rings is 2. The predicted octanol–water partition coefficient (Wildman–Crippen LogP) is 3.99. The van der Waals surface area contributed by atoms with Crippen molar-refractivity contribution in [1.29, 1.82) is 0 Å². The molecule has 0 heterocycles. The molecule has 5 heteroatoms. The minimum absolute atomic E-state index is 0.121. The van der Waals surface area contributed by atoms with Crippen molar-refractivity contribution < 1.29 is 9.53 Å². The van der Waals surface area contributed by atoms with Crippen LogP contribution in [0.25, 0.3) is 0 Å². The molecule has 1 N–H and O–H groups in total. The number of hydrogen-bond donors (Lipinski definition) is 1. The Morgan fingerprint density at radius 1 is 1.26 bits per heavy atom. The number of halogens is 1. The Hall–Kier alpha value is -2.33. The Balaban J connectivity index is 1.79. The molecule has 0 bridgehead atoms. The van der Waals surface area contributed by atoms with Gasteiger partial charge in [0, 0.05) is 5.02 Å². The molecular weight excluding hydrogens is 312 g/mol. The summed E-state index contributed by atoms with van der Waals surface area (Å²) in [6.45, 7) is 4.16. The monoisotopic (exact) mass is 330 g/mol. The third-order valence-electron chi connectivity index (χ3n) is 3.17. The average molecular weight is 331 g/mol. The topological polar surface area (TPSA) is 50.7 Å². The number of hydrazone groups is 1. The summed E-state index contributed by atoms with van der Waals surface area (Å²) < 4.78 is 5.32. The third kappa shape index (κ3) is 5.75. The van der Waals surface area contributed by atoms with Crippen LogP contribution in [0.4, 0.5) is 0 Å². The fourth-order valence-electron chi connectivity index (χ4n) is 1.88. The number of hydrogen-bond acceptors (Lipinski definition) is 3. The van der Waals surface area contributed by atoms with E-state index in [4.69, 9.17) is 16.3 Å². The van der Waals surface area contributed by atoms with Crippen molar-refractivity contribution in [2.24, 2.45) is 5.10 Å². The van der Waals surface area contributed by atoms with Gasteiger partial charge in [0.25, 0.3) is 5.91 Å². The Morgan fingerprint density at radius 3 is 2.65 bits per heavy atom. The van der Waals surface area contributed by atoms with E-state index in [1.807, 2.05) is 12.1 Å². The maximum Gasteiger partial charge on any atom is 0.277 e. The van der Waals surface area contributed by atoms with Crippen LogP contribution in [0.2, 0.25) is 5.02 Å². The standard InChI is InChI=1S/C18H19ClN2O2/c1-13(2)15-8-6-14(7-9-15)11-20-21-18(22)12-23-17-5-3-4-16(19)10-17/h3-11,13H,12H2,1-2H3,(H,21,22)/b20-11-. The van der Waals surface area contributed by atoms with Crippen LogP contribution in [0, 0.1) is 0 Å². The van der Waals surface area contributed by atoms with Gasteiger partial charge in [0.05, 0.1) is 6.21 Å². The SMILES string of the molecule is CC(C)c1ccc(/C=N\NC(=O)COc2cccc(Cl)c2)cc1. The molecule has 0 radical (unpaired) electrons. The van der Waals surface area contributed by atoms with Crippen LogP contribution >= 0.6 is 11.6 Å². The Morgan fingerprint density at radius 2 is 2.00 bits per heavy atom. The van der Waals surface area contributed by atoms with E-state index in [2.05, 4.69) is 36.5 Å². The van der Waals surface area contributed by atoms with Gasteiger partial charge in [0.15, 0.2) is 6.61 Å². The minimum atomic E-state index is -0.333. The molecule has 0 atom stereocenters. The maximum atomic E-state index is 11.7. The largest absolute Gasteiger partial charge is 0.484 e. The first-order valence-electron chi connectivity index (χ1n) is 7.35. The zero-order chi connectivity index (χ0) is 16.7. The summed E-state index contributed by atoms with van der Waals surface area (Å²) in [6.07, 6.45) is 1.60. The summed E-state index contributed by atoms with van der Waals surface area (Å²) in [5, 5.41) is 4.48. The molecule has 0 unspecified atom stereocenters. The van der Waals surface area contributed by atoms with E-state index in [0.717, 1.165) is 5.56 Å². The van der Waals surface area contributed by atoms with E-state index in [-0.39, 0.29) is 12.5 Å². The van der Waals surface area contributed by atoms with E-state index in [9.17, 15) is 4.79 Å². The summed E-state index contributed by atoms with van der Waals surface area (Å²) in [7, 11) is 0. The first-order valence-corrected chi connectivity index (χ1v) is 7.72. The molecule has 0 aromatic heterocycles. The highest BCUT2D eigenvalue weighted by atomic mass is 35.5. The van der Waals surface area contributed by atoms with Gasteiger partial charge < -0.3 is 4.74 Å². The second-order valence-electron chi connectivity index (χ2n) is 5.36. The molecule has 0 aliphatic carbocycles. The fourth-order valence-corrected chi connectivity index (χ4v) is 2.06. The number of nitrogens with zero attached hydrogens (tertiary/aromatic N) is 1. The summed E-state index contributed by atoms with van der Waals surface area (Å²) >= 11 is 5.84. The third-order valence-corrected chi connectivity index (χ3v) is 3.41. The lowest BCUT2D eigenvalue weighted by atomic mass is 10.0. The molecule has 0 aliphatic rings. The lowest BCUT2D eigenvalue weighted by Crippen LogP contribution is -2.24. The normalized spacial score (nSPS) is 11.0. The molecule has 0 aliphatic heterocycles. The van der Waals surface area contributed by atoms with Gasteiger partial charge >= 0.3 is 0 Å². The van der Waals surface area contributed by atoms with Crippen molar-refractivity contribution in [2.45, 2.75) is 19.8 Å². The molecule has 2 aromatic rings. The predicted molar refractivity (Wildman–Crippen MR) is 93.2 cm³/mol. The van der Waals surface area contributed by atoms with Gasteiger partial charge in [-0.3, -0.25) is 4.79 Å². The number of carbonyl (C=O) groups excluding carboxylic acids is 1. The smallest absolute Gasteiger partial charge is 0.277 e. The number of rotatable bonds is 6. The summed E-state index contributed by atoms with van der Waals surface area (Å²) in [5.74, 6) is 0.699. The molecular formula is C18H19ClN2O2. The highest BCUT2D eigenvalue weighted by Gasteiger charge is 2.02. The van der Waals surface area contributed by atoms with E-state index < -0.39 is 0 Å². The second-order valence-corrected chi connectivity index (χ2v) is 5.80. The number of nitrogens with one attached hydrogen (secondary N) is 1. The molecule has 2 rings (SSSR count). The molecule has 2 aromatic carbocycles. The van der Waals surface area contributed by atoms with Crippen LogP contribution in [-0.2, 0) is 4.79 Å². The van der Waals surface area contributed by atoms with Gasteiger partial charge in [-0.05, 0) is 35.2 Å². The minimum Gasteiger partial charge on any atom is -0.484 e. The molecule has 4 nitrogen and oxygen atoms in total. The van der Waals surface area contributed by atoms with Gasteiger partial charge in [-0.15, -0.1) is 0 Å².